The molecule has 7 nitrogen and oxygen atoms in total. The Kier molecular flexibility index (Phi) is 3.56. The third kappa shape index (κ3) is 2.76. The van der Waals surface area contributed by atoms with Crippen LogP contribution < -0.4 is 10.5 Å². The van der Waals surface area contributed by atoms with Crippen molar-refractivity contribution in [1.82, 2.24) is 9.97 Å². The fraction of sp³-hybridized carbons (Fsp3) is 0.167. The zero-order valence-corrected chi connectivity index (χ0v) is 10.2. The van der Waals surface area contributed by atoms with Crippen LogP contribution in [0.4, 0.5) is 11.5 Å². The van der Waals surface area contributed by atoms with Gasteiger partial charge in [-0.25, -0.2) is 4.98 Å². The van der Waals surface area contributed by atoms with E-state index < -0.39 is 4.92 Å². The minimum atomic E-state index is -0.505. The van der Waals surface area contributed by atoms with E-state index in [0.29, 0.717) is 17.9 Å². The van der Waals surface area contributed by atoms with Crippen LogP contribution in [0.5, 0.6) is 5.75 Å². The molecule has 0 saturated carbocycles. The van der Waals surface area contributed by atoms with Gasteiger partial charge < -0.3 is 10.5 Å². The SMILES string of the molecule is CCOc1cncc(-c2nc(N)ccc2[N+](=O)[O-])c1. The van der Waals surface area contributed by atoms with Crippen LogP contribution in [0.25, 0.3) is 11.3 Å². The summed E-state index contributed by atoms with van der Waals surface area (Å²) in [4.78, 5) is 18.5. The van der Waals surface area contributed by atoms with Crippen LogP contribution in [0.2, 0.25) is 0 Å². The highest BCUT2D eigenvalue weighted by atomic mass is 16.6. The van der Waals surface area contributed by atoms with Gasteiger partial charge in [0.15, 0.2) is 5.69 Å². The summed E-state index contributed by atoms with van der Waals surface area (Å²) in [6, 6.07) is 4.36. The van der Waals surface area contributed by atoms with Crippen molar-refractivity contribution in [3.8, 4) is 17.0 Å². The summed E-state index contributed by atoms with van der Waals surface area (Å²) >= 11 is 0. The Bertz CT molecular complexity index is 616. The molecular formula is C12H12N4O3. The fourth-order valence-electron chi connectivity index (χ4n) is 1.62. The lowest BCUT2D eigenvalue weighted by molar-refractivity contribution is -0.384. The third-order valence-corrected chi connectivity index (χ3v) is 2.39. The van der Waals surface area contributed by atoms with Gasteiger partial charge in [0.25, 0.3) is 5.69 Å². The van der Waals surface area contributed by atoms with E-state index in [1.165, 1.54) is 24.5 Å². The van der Waals surface area contributed by atoms with Gasteiger partial charge >= 0.3 is 0 Å². The van der Waals surface area contributed by atoms with E-state index in [-0.39, 0.29) is 17.2 Å². The molecule has 0 amide bonds. The number of hydrogen-bond donors (Lipinski definition) is 1. The number of nitrogen functional groups attached to an aromatic ring is 1. The summed E-state index contributed by atoms with van der Waals surface area (Å²) in [6.07, 6.45) is 3.02. The van der Waals surface area contributed by atoms with Crippen LogP contribution in [-0.4, -0.2) is 21.5 Å². The van der Waals surface area contributed by atoms with Crippen molar-refractivity contribution < 1.29 is 9.66 Å². The van der Waals surface area contributed by atoms with Crippen molar-refractivity contribution in [1.29, 1.82) is 0 Å². The van der Waals surface area contributed by atoms with Crippen molar-refractivity contribution in [2.75, 3.05) is 12.3 Å². The highest BCUT2D eigenvalue weighted by Crippen LogP contribution is 2.30. The van der Waals surface area contributed by atoms with E-state index in [1.54, 1.807) is 6.07 Å². The first-order valence-corrected chi connectivity index (χ1v) is 5.61. The van der Waals surface area contributed by atoms with E-state index in [4.69, 9.17) is 10.5 Å². The zero-order valence-electron chi connectivity index (χ0n) is 10.2. The third-order valence-electron chi connectivity index (χ3n) is 2.39. The molecule has 2 aromatic rings. The van der Waals surface area contributed by atoms with Crippen LogP contribution >= 0.6 is 0 Å². The predicted octanol–water partition coefficient (Wildman–Crippen LogP) is 2.03. The first-order chi connectivity index (χ1) is 9.11. The highest BCUT2D eigenvalue weighted by Gasteiger charge is 2.18. The predicted molar refractivity (Wildman–Crippen MR) is 69.7 cm³/mol. The molecule has 0 aromatic carbocycles. The molecule has 0 fully saturated rings. The first kappa shape index (κ1) is 12.7. The molecule has 98 valence electrons. The van der Waals surface area contributed by atoms with Crippen molar-refractivity contribution in [3.05, 3.63) is 40.7 Å². The van der Waals surface area contributed by atoms with E-state index in [2.05, 4.69) is 9.97 Å². The van der Waals surface area contributed by atoms with Gasteiger partial charge in [-0.1, -0.05) is 0 Å². The molecule has 0 radical (unpaired) electrons. The van der Waals surface area contributed by atoms with Gasteiger partial charge in [0, 0.05) is 17.8 Å². The number of pyridine rings is 2. The Morgan fingerprint density at radius 2 is 2.21 bits per heavy atom. The number of aromatic nitrogens is 2. The number of nitro groups is 1. The minimum absolute atomic E-state index is 0.121. The van der Waals surface area contributed by atoms with Crippen molar-refractivity contribution in [2.24, 2.45) is 0 Å². The largest absolute Gasteiger partial charge is 0.492 e. The second-order valence-corrected chi connectivity index (χ2v) is 3.70. The monoisotopic (exact) mass is 260 g/mol. The number of rotatable bonds is 4. The zero-order chi connectivity index (χ0) is 13.8. The summed E-state index contributed by atoms with van der Waals surface area (Å²) in [5.41, 5.74) is 6.13. The average molecular weight is 260 g/mol. The molecule has 0 aliphatic carbocycles. The molecule has 0 unspecified atom stereocenters. The van der Waals surface area contributed by atoms with Crippen LogP contribution in [-0.2, 0) is 0 Å². The topological polar surface area (TPSA) is 104 Å². The molecule has 7 heteroatoms. The normalized spacial score (nSPS) is 10.2. The summed E-state index contributed by atoms with van der Waals surface area (Å²) in [6.45, 7) is 2.32. The van der Waals surface area contributed by atoms with Crippen LogP contribution in [0.15, 0.2) is 30.6 Å². The van der Waals surface area contributed by atoms with Crippen molar-refractivity contribution in [2.45, 2.75) is 6.92 Å². The number of anilines is 1. The molecule has 0 spiro atoms. The van der Waals surface area contributed by atoms with Gasteiger partial charge in [0.1, 0.15) is 11.6 Å². The van der Waals surface area contributed by atoms with Crippen molar-refractivity contribution >= 4 is 11.5 Å². The quantitative estimate of drug-likeness (QED) is 0.666. The van der Waals surface area contributed by atoms with E-state index >= 15 is 0 Å². The Morgan fingerprint density at radius 3 is 2.89 bits per heavy atom. The molecule has 0 atom stereocenters. The molecule has 2 N–H and O–H groups in total. The summed E-state index contributed by atoms with van der Waals surface area (Å²) < 4.78 is 5.31. The van der Waals surface area contributed by atoms with Gasteiger partial charge in [-0.3, -0.25) is 15.1 Å². The van der Waals surface area contributed by atoms with E-state index in [0.717, 1.165) is 0 Å². The summed E-state index contributed by atoms with van der Waals surface area (Å²) in [7, 11) is 0. The van der Waals surface area contributed by atoms with Gasteiger partial charge in [0.2, 0.25) is 0 Å². The Hall–Kier alpha value is -2.70. The molecule has 0 aliphatic rings. The standard InChI is InChI=1S/C12H12N4O3/c1-2-19-9-5-8(6-14-7-9)12-10(16(17)18)3-4-11(13)15-12/h3-7H,2H2,1H3,(H2,13,15). The molecule has 2 rings (SSSR count). The molecule has 0 bridgehead atoms. The first-order valence-electron chi connectivity index (χ1n) is 5.61. The molecule has 2 aromatic heterocycles. The van der Waals surface area contributed by atoms with Gasteiger partial charge in [-0.15, -0.1) is 0 Å². The smallest absolute Gasteiger partial charge is 0.295 e. The number of nitrogens with two attached hydrogens (primary N) is 1. The maximum atomic E-state index is 11.0. The molecule has 2 heterocycles. The van der Waals surface area contributed by atoms with Crippen LogP contribution in [0, 0.1) is 10.1 Å². The highest BCUT2D eigenvalue weighted by molar-refractivity contribution is 5.71. The lowest BCUT2D eigenvalue weighted by Crippen LogP contribution is -1.99. The molecule has 0 aliphatic heterocycles. The Labute approximate surface area is 109 Å². The maximum Gasteiger partial charge on any atom is 0.295 e. The van der Waals surface area contributed by atoms with Gasteiger partial charge in [-0.2, -0.15) is 0 Å². The second-order valence-electron chi connectivity index (χ2n) is 3.70. The average Bonchev–Trinajstić information content (AvgIpc) is 2.39. The maximum absolute atomic E-state index is 11.0. The molecule has 0 saturated heterocycles. The number of ether oxygens (including phenoxy) is 1. The molecule has 19 heavy (non-hydrogen) atoms. The lowest BCUT2D eigenvalue weighted by atomic mass is 10.1. The Balaban J connectivity index is 2.54. The summed E-state index contributed by atoms with van der Waals surface area (Å²) in [5, 5.41) is 11.0. The summed E-state index contributed by atoms with van der Waals surface area (Å²) in [5.74, 6) is 0.737. The van der Waals surface area contributed by atoms with E-state index in [9.17, 15) is 10.1 Å². The van der Waals surface area contributed by atoms with Gasteiger partial charge in [0.05, 0.1) is 17.7 Å². The minimum Gasteiger partial charge on any atom is -0.492 e. The van der Waals surface area contributed by atoms with E-state index in [1.807, 2.05) is 6.92 Å². The second kappa shape index (κ2) is 5.30. The van der Waals surface area contributed by atoms with Gasteiger partial charge in [-0.05, 0) is 19.1 Å². The van der Waals surface area contributed by atoms with Crippen LogP contribution in [0.1, 0.15) is 6.92 Å². The molecular weight excluding hydrogens is 248 g/mol. The Morgan fingerprint density at radius 1 is 1.42 bits per heavy atom. The van der Waals surface area contributed by atoms with Crippen LogP contribution in [0.3, 0.4) is 0 Å². The van der Waals surface area contributed by atoms with Crippen molar-refractivity contribution in [3.63, 3.8) is 0 Å². The number of nitrogens with zero attached hydrogens (tertiary/aromatic N) is 3. The lowest BCUT2D eigenvalue weighted by Gasteiger charge is -2.06. The number of hydrogen-bond acceptors (Lipinski definition) is 6. The fourth-order valence-corrected chi connectivity index (χ4v) is 1.62.